The zero-order valence-electron chi connectivity index (χ0n) is 23.5. The average molecular weight is 590 g/mol. The minimum Gasteiger partial charge on any atom is -0.505 e. The summed E-state index contributed by atoms with van der Waals surface area (Å²) in [6, 6.07) is 2.17. The lowest BCUT2D eigenvalue weighted by Gasteiger charge is -2.61. The third kappa shape index (κ3) is 5.09. The number of Topliss-reactive ketones (excluding diaryl/α,β-unsaturated/α-hetero) is 1. The van der Waals surface area contributed by atoms with Crippen LogP contribution in [0.1, 0.15) is 68.6 Å². The largest absolute Gasteiger partial charge is 0.505 e. The first-order chi connectivity index (χ1) is 19.8. The van der Waals surface area contributed by atoms with Crippen LogP contribution in [0.15, 0.2) is 24.3 Å². The molecule has 230 valence electrons. The number of fused-ring (bicyclic) bond motifs is 2. The van der Waals surface area contributed by atoms with Crippen molar-refractivity contribution >= 4 is 23.3 Å². The Bertz CT molecular complexity index is 1280. The molecular weight excluding hydrogens is 550 g/mol. The Hall–Kier alpha value is -3.03. The Morgan fingerprint density at radius 3 is 2.57 bits per heavy atom. The van der Waals surface area contributed by atoms with Gasteiger partial charge in [-0.05, 0) is 67.9 Å². The van der Waals surface area contributed by atoms with Gasteiger partial charge in [-0.2, -0.15) is 0 Å². The molecule has 1 aromatic carbocycles. The number of aromatic hydroxyl groups is 1. The molecule has 5 fully saturated rings. The van der Waals surface area contributed by atoms with Crippen molar-refractivity contribution in [3.05, 3.63) is 29.8 Å². The topological polar surface area (TPSA) is 203 Å². The lowest BCUT2D eigenvalue weighted by Crippen LogP contribution is -2.60. The van der Waals surface area contributed by atoms with E-state index in [0.29, 0.717) is 12.3 Å². The summed E-state index contributed by atoms with van der Waals surface area (Å²) in [4.78, 5) is 38.3. The lowest BCUT2D eigenvalue weighted by atomic mass is 9.42. The first kappa shape index (κ1) is 30.4. The van der Waals surface area contributed by atoms with E-state index in [1.54, 1.807) is 0 Å². The maximum absolute atomic E-state index is 13.3. The number of nitrogens with one attached hydrogen (secondary N) is 1. The van der Waals surface area contributed by atoms with Crippen LogP contribution in [0.2, 0.25) is 0 Å². The van der Waals surface area contributed by atoms with Gasteiger partial charge in [-0.3, -0.25) is 9.59 Å². The quantitative estimate of drug-likeness (QED) is 0.172. The summed E-state index contributed by atoms with van der Waals surface area (Å²) < 4.78 is 11.0. The average Bonchev–Trinajstić information content (AvgIpc) is 2.96. The van der Waals surface area contributed by atoms with E-state index in [1.807, 2.05) is 6.92 Å². The molecule has 0 radical (unpaired) electrons. The second-order valence-corrected chi connectivity index (χ2v) is 12.6. The molecule has 1 amide bonds. The molecular formula is C30H39NO11. The maximum atomic E-state index is 13.3. The SMILES string of the molecule is C=C1C[C@]23CCC(=O)[C@](C)(CCC(=O)Nc4c(O[C@@H]5O[C@H](CO)[C@@H](O)[C@H](O)[C@H]5O)ccc(C(=O)O)c4O)[C@@H]2C[C@H]1CC3. The van der Waals surface area contributed by atoms with Gasteiger partial charge < -0.3 is 45.4 Å². The van der Waals surface area contributed by atoms with E-state index in [0.717, 1.165) is 44.2 Å². The monoisotopic (exact) mass is 589 g/mol. The number of ketones is 1. The smallest absolute Gasteiger partial charge is 0.339 e. The summed E-state index contributed by atoms with van der Waals surface area (Å²) >= 11 is 0. The predicted octanol–water partition coefficient (Wildman–Crippen LogP) is 1.72. The van der Waals surface area contributed by atoms with Crippen molar-refractivity contribution in [3.8, 4) is 11.5 Å². The Morgan fingerprint density at radius 1 is 1.17 bits per heavy atom. The molecule has 1 aliphatic heterocycles. The fourth-order valence-electron chi connectivity index (χ4n) is 7.78. The van der Waals surface area contributed by atoms with Crippen LogP contribution in [-0.2, 0) is 14.3 Å². The van der Waals surface area contributed by atoms with Crippen LogP contribution in [0.3, 0.4) is 0 Å². The molecule has 1 aromatic rings. The van der Waals surface area contributed by atoms with Gasteiger partial charge in [0.1, 0.15) is 47.2 Å². The lowest BCUT2D eigenvalue weighted by molar-refractivity contribution is -0.277. The highest BCUT2D eigenvalue weighted by Crippen LogP contribution is 2.66. The molecule has 0 aromatic heterocycles. The van der Waals surface area contributed by atoms with Crippen molar-refractivity contribution in [2.75, 3.05) is 11.9 Å². The Morgan fingerprint density at radius 2 is 1.90 bits per heavy atom. The van der Waals surface area contributed by atoms with Crippen molar-refractivity contribution in [1.82, 2.24) is 0 Å². The van der Waals surface area contributed by atoms with Crippen LogP contribution in [0.5, 0.6) is 11.5 Å². The number of aliphatic hydroxyl groups excluding tert-OH is 4. The molecule has 42 heavy (non-hydrogen) atoms. The van der Waals surface area contributed by atoms with Crippen LogP contribution < -0.4 is 10.1 Å². The van der Waals surface area contributed by atoms with Gasteiger partial charge in [0.25, 0.3) is 0 Å². The molecule has 4 saturated carbocycles. The van der Waals surface area contributed by atoms with E-state index in [4.69, 9.17) is 9.47 Å². The van der Waals surface area contributed by atoms with E-state index in [-0.39, 0.29) is 35.7 Å². The number of rotatable bonds is 8. The summed E-state index contributed by atoms with van der Waals surface area (Å²) in [5.74, 6) is -2.50. The van der Waals surface area contributed by atoms with Gasteiger partial charge in [0, 0.05) is 18.3 Å². The number of benzene rings is 1. The van der Waals surface area contributed by atoms with E-state index in [9.17, 15) is 45.0 Å². The number of amides is 1. The van der Waals surface area contributed by atoms with Crippen LogP contribution in [-0.4, -0.2) is 85.6 Å². The number of anilines is 1. The second-order valence-electron chi connectivity index (χ2n) is 12.6. The first-order valence-corrected chi connectivity index (χ1v) is 14.4. The highest BCUT2D eigenvalue weighted by Gasteiger charge is 2.60. The van der Waals surface area contributed by atoms with E-state index in [2.05, 4.69) is 11.9 Å². The molecule has 9 atom stereocenters. The molecule has 2 bridgehead atoms. The minimum absolute atomic E-state index is 0.0193. The number of carbonyl (C=O) groups is 3. The van der Waals surface area contributed by atoms with Crippen molar-refractivity contribution in [2.24, 2.45) is 22.7 Å². The third-order valence-corrected chi connectivity index (χ3v) is 10.3. The third-order valence-electron chi connectivity index (χ3n) is 10.3. The normalized spacial score (nSPS) is 37.7. The van der Waals surface area contributed by atoms with E-state index < -0.39 is 71.6 Å². The van der Waals surface area contributed by atoms with Crippen molar-refractivity contribution in [3.63, 3.8) is 0 Å². The molecule has 7 N–H and O–H groups in total. The molecule has 12 heteroatoms. The van der Waals surface area contributed by atoms with Gasteiger partial charge in [0.15, 0.2) is 5.75 Å². The summed E-state index contributed by atoms with van der Waals surface area (Å²) in [5.41, 5.74) is -0.364. The highest BCUT2D eigenvalue weighted by atomic mass is 16.7. The molecule has 1 spiro atoms. The number of hydrogen-bond acceptors (Lipinski definition) is 10. The first-order valence-electron chi connectivity index (χ1n) is 14.4. The number of hydrogen-bond donors (Lipinski definition) is 7. The van der Waals surface area contributed by atoms with Crippen molar-refractivity contribution in [1.29, 1.82) is 0 Å². The van der Waals surface area contributed by atoms with Crippen LogP contribution in [0.25, 0.3) is 0 Å². The maximum Gasteiger partial charge on any atom is 0.339 e. The van der Waals surface area contributed by atoms with Crippen LogP contribution >= 0.6 is 0 Å². The zero-order chi connectivity index (χ0) is 30.6. The standard InChI is InChI=1S/C30H39NO11/c1-14-12-30-9-5-15(14)11-19(30)29(2,20(33)6-10-30)8-7-21(34)31-22-17(4-3-16(23(22)35)27(39)40)41-28-26(38)25(37)24(36)18(13-32)42-28/h3-4,15,18-19,24-26,28,32,35-38H,1,5-13H2,2H3,(H,31,34)(H,39,40)/t15-,18-,19+,24-,25+,26-,28-,29-,30+/m1/s1. The molecule has 1 saturated heterocycles. The fourth-order valence-corrected chi connectivity index (χ4v) is 7.78. The summed E-state index contributed by atoms with van der Waals surface area (Å²) in [7, 11) is 0. The highest BCUT2D eigenvalue weighted by molar-refractivity contribution is 6.00. The van der Waals surface area contributed by atoms with Crippen LogP contribution in [0.4, 0.5) is 5.69 Å². The number of aliphatic hydroxyl groups is 4. The second kappa shape index (κ2) is 11.2. The summed E-state index contributed by atoms with van der Waals surface area (Å²) in [6.45, 7) is 5.52. The number of phenols is 1. The molecule has 4 aliphatic carbocycles. The van der Waals surface area contributed by atoms with Gasteiger partial charge in [-0.25, -0.2) is 4.79 Å². The van der Waals surface area contributed by atoms with Gasteiger partial charge >= 0.3 is 5.97 Å². The van der Waals surface area contributed by atoms with Gasteiger partial charge in [-0.1, -0.05) is 19.1 Å². The number of allylic oxidation sites excluding steroid dienone is 1. The number of carboxylic acid groups (broad SMARTS) is 1. The zero-order valence-corrected chi connectivity index (χ0v) is 23.5. The van der Waals surface area contributed by atoms with Crippen molar-refractivity contribution < 1.29 is 54.5 Å². The Kier molecular flexibility index (Phi) is 8.14. The summed E-state index contributed by atoms with van der Waals surface area (Å²) in [6.07, 6.45) is -2.69. The molecule has 0 unspecified atom stereocenters. The molecule has 12 nitrogen and oxygen atoms in total. The summed E-state index contributed by atoms with van der Waals surface area (Å²) in [5, 5.41) is 62.8. The predicted molar refractivity (Wildman–Crippen MR) is 147 cm³/mol. The van der Waals surface area contributed by atoms with Gasteiger partial charge in [-0.15, -0.1) is 0 Å². The minimum atomic E-state index is -1.78. The van der Waals surface area contributed by atoms with Gasteiger partial charge in [0.2, 0.25) is 12.2 Å². The van der Waals surface area contributed by atoms with Crippen molar-refractivity contribution in [2.45, 2.75) is 89.0 Å². The van der Waals surface area contributed by atoms with Gasteiger partial charge in [0.05, 0.1) is 6.61 Å². The molecule has 1 heterocycles. The number of ether oxygens (including phenoxy) is 2. The number of aromatic carboxylic acids is 1. The van der Waals surface area contributed by atoms with Crippen LogP contribution in [0, 0.1) is 22.7 Å². The molecule has 5 aliphatic rings. The molecule has 6 rings (SSSR count). The van der Waals surface area contributed by atoms with E-state index >= 15 is 0 Å². The van der Waals surface area contributed by atoms with E-state index in [1.165, 1.54) is 5.57 Å². The number of carbonyl (C=O) groups excluding carboxylic acids is 2. The Labute approximate surface area is 243 Å². The number of carboxylic acids is 1. The Balaban J connectivity index is 1.35. The fraction of sp³-hybridized carbons (Fsp3) is 0.633.